The van der Waals surface area contributed by atoms with Gasteiger partial charge in [-0.25, -0.2) is 12.8 Å². The number of nitrogens with zero attached hydrogens (tertiary/aromatic N) is 2. The van der Waals surface area contributed by atoms with Gasteiger partial charge >= 0.3 is 0 Å². The molecule has 0 spiro atoms. The monoisotopic (exact) mass is 380 g/mol. The molecule has 1 heterocycles. The maximum atomic E-state index is 13.9. The highest BCUT2D eigenvalue weighted by Crippen LogP contribution is 2.50. The summed E-state index contributed by atoms with van der Waals surface area (Å²) in [5.74, 6) is -0.699. The standard InChI is InChI=1S/C17H17FN2O5S/c1-16(2,3)20-17(21,11-4-7-13(8-5-11)19(22)23)14-10-12(18)6-9-15(14)26(20,24)25/h4-10,21H,1-3H3. The van der Waals surface area contributed by atoms with Crippen LogP contribution < -0.4 is 0 Å². The number of non-ortho nitro benzene ring substituents is 1. The zero-order chi connectivity index (χ0) is 19.5. The number of nitro benzene ring substituents is 1. The Labute approximate surface area is 149 Å². The summed E-state index contributed by atoms with van der Waals surface area (Å²) in [6, 6.07) is 7.97. The molecule has 2 aromatic rings. The second-order valence-corrected chi connectivity index (χ2v) is 8.81. The van der Waals surface area contributed by atoms with E-state index < -0.39 is 32.0 Å². The molecule has 1 N–H and O–H groups in total. The van der Waals surface area contributed by atoms with Crippen molar-refractivity contribution in [1.82, 2.24) is 4.31 Å². The van der Waals surface area contributed by atoms with Gasteiger partial charge in [0.2, 0.25) is 10.0 Å². The van der Waals surface area contributed by atoms with Gasteiger partial charge in [0.25, 0.3) is 5.69 Å². The van der Waals surface area contributed by atoms with Crippen LogP contribution in [0.4, 0.5) is 10.1 Å². The molecule has 0 saturated carbocycles. The molecular formula is C17H17FN2O5S. The number of halogens is 1. The first kappa shape index (κ1) is 18.4. The summed E-state index contributed by atoms with van der Waals surface area (Å²) in [5.41, 5.74) is -3.48. The first-order valence-corrected chi connectivity index (χ1v) is 9.17. The average molecular weight is 380 g/mol. The molecule has 0 aromatic heterocycles. The Morgan fingerprint density at radius 3 is 2.23 bits per heavy atom. The van der Waals surface area contributed by atoms with Crippen LogP contribution in [-0.4, -0.2) is 28.3 Å². The van der Waals surface area contributed by atoms with E-state index in [-0.39, 0.29) is 21.7 Å². The van der Waals surface area contributed by atoms with E-state index in [0.29, 0.717) is 0 Å². The summed E-state index contributed by atoms with van der Waals surface area (Å²) in [7, 11) is -4.12. The second kappa shape index (κ2) is 5.57. The molecule has 26 heavy (non-hydrogen) atoms. The molecule has 9 heteroatoms. The number of hydrogen-bond donors (Lipinski definition) is 1. The van der Waals surface area contributed by atoms with Crippen molar-refractivity contribution in [3.8, 4) is 0 Å². The Hall–Kier alpha value is -2.36. The van der Waals surface area contributed by atoms with E-state index in [1.807, 2.05) is 0 Å². The molecule has 1 atom stereocenters. The lowest BCUT2D eigenvalue weighted by Gasteiger charge is -2.41. The van der Waals surface area contributed by atoms with E-state index in [0.717, 1.165) is 34.6 Å². The molecule has 0 amide bonds. The summed E-state index contributed by atoms with van der Waals surface area (Å²) >= 11 is 0. The van der Waals surface area contributed by atoms with Crippen LogP contribution in [0.15, 0.2) is 47.4 Å². The summed E-state index contributed by atoms with van der Waals surface area (Å²) in [6.07, 6.45) is 0. The largest absolute Gasteiger partial charge is 0.367 e. The molecule has 2 aromatic carbocycles. The fourth-order valence-electron chi connectivity index (χ4n) is 3.32. The molecule has 3 rings (SSSR count). The smallest absolute Gasteiger partial charge is 0.269 e. The van der Waals surface area contributed by atoms with E-state index in [2.05, 4.69) is 0 Å². The predicted octanol–water partition coefficient (Wildman–Crippen LogP) is 2.73. The Morgan fingerprint density at radius 2 is 1.73 bits per heavy atom. The fraction of sp³-hybridized carbons (Fsp3) is 0.294. The van der Waals surface area contributed by atoms with Gasteiger partial charge in [-0.3, -0.25) is 10.1 Å². The van der Waals surface area contributed by atoms with E-state index >= 15 is 0 Å². The lowest BCUT2D eigenvalue weighted by Crippen LogP contribution is -2.54. The van der Waals surface area contributed by atoms with E-state index in [4.69, 9.17) is 0 Å². The molecule has 7 nitrogen and oxygen atoms in total. The Morgan fingerprint density at radius 1 is 1.15 bits per heavy atom. The van der Waals surface area contributed by atoms with Crippen LogP contribution in [0, 0.1) is 15.9 Å². The van der Waals surface area contributed by atoms with Crippen molar-refractivity contribution >= 4 is 15.7 Å². The minimum Gasteiger partial charge on any atom is -0.367 e. The molecule has 0 bridgehead atoms. The van der Waals surface area contributed by atoms with Crippen LogP contribution in [0.1, 0.15) is 31.9 Å². The van der Waals surface area contributed by atoms with Crippen LogP contribution in [0.2, 0.25) is 0 Å². The zero-order valence-electron chi connectivity index (χ0n) is 14.3. The third-order valence-electron chi connectivity index (χ3n) is 4.22. The van der Waals surface area contributed by atoms with Crippen molar-refractivity contribution in [1.29, 1.82) is 0 Å². The first-order chi connectivity index (χ1) is 11.9. The quantitative estimate of drug-likeness (QED) is 0.638. The van der Waals surface area contributed by atoms with E-state index in [1.54, 1.807) is 20.8 Å². The van der Waals surface area contributed by atoms with Crippen LogP contribution in [0.3, 0.4) is 0 Å². The Balaban J connectivity index is 2.35. The zero-order valence-corrected chi connectivity index (χ0v) is 15.1. The average Bonchev–Trinajstić information content (AvgIpc) is 2.71. The normalized spacial score (nSPS) is 22.2. The SMILES string of the molecule is CC(C)(C)N1C(O)(c2ccc([N+](=O)[O-])cc2)c2cc(F)ccc2S1(=O)=O. The molecule has 1 aliphatic heterocycles. The molecule has 138 valence electrons. The Kier molecular flexibility index (Phi) is 3.95. The van der Waals surface area contributed by atoms with Gasteiger partial charge in [0.1, 0.15) is 5.82 Å². The van der Waals surface area contributed by atoms with Gasteiger partial charge in [-0.2, -0.15) is 4.31 Å². The maximum absolute atomic E-state index is 13.9. The summed E-state index contributed by atoms with van der Waals surface area (Å²) in [6.45, 7) is 4.80. The summed E-state index contributed by atoms with van der Waals surface area (Å²) in [4.78, 5) is 10.1. The first-order valence-electron chi connectivity index (χ1n) is 7.73. The van der Waals surface area contributed by atoms with Crippen LogP contribution in [0.25, 0.3) is 0 Å². The highest BCUT2D eigenvalue weighted by molar-refractivity contribution is 7.89. The van der Waals surface area contributed by atoms with Gasteiger partial charge in [0, 0.05) is 28.8 Å². The van der Waals surface area contributed by atoms with Gasteiger partial charge < -0.3 is 5.11 Å². The number of sulfonamides is 1. The number of aliphatic hydroxyl groups is 1. The van der Waals surface area contributed by atoms with Crippen molar-refractivity contribution in [2.24, 2.45) is 0 Å². The molecule has 0 aliphatic carbocycles. The van der Waals surface area contributed by atoms with Crippen molar-refractivity contribution < 1.29 is 22.8 Å². The summed E-state index contributed by atoms with van der Waals surface area (Å²) in [5, 5.41) is 22.4. The van der Waals surface area contributed by atoms with Crippen molar-refractivity contribution in [3.63, 3.8) is 0 Å². The predicted molar refractivity (Wildman–Crippen MR) is 91.3 cm³/mol. The number of benzene rings is 2. The third kappa shape index (κ3) is 2.51. The van der Waals surface area contributed by atoms with Gasteiger partial charge in [0.05, 0.1) is 9.82 Å². The number of fused-ring (bicyclic) bond motifs is 1. The van der Waals surface area contributed by atoms with Gasteiger partial charge in [-0.15, -0.1) is 0 Å². The lowest BCUT2D eigenvalue weighted by atomic mass is 9.91. The minimum atomic E-state index is -4.12. The Bertz CT molecular complexity index is 999. The maximum Gasteiger partial charge on any atom is 0.269 e. The van der Waals surface area contributed by atoms with Crippen molar-refractivity contribution in [2.75, 3.05) is 0 Å². The van der Waals surface area contributed by atoms with Gasteiger partial charge in [-0.05, 0) is 51.1 Å². The minimum absolute atomic E-state index is 0.0888. The molecule has 1 unspecified atom stereocenters. The highest BCUT2D eigenvalue weighted by Gasteiger charge is 2.58. The van der Waals surface area contributed by atoms with E-state index in [1.165, 1.54) is 12.1 Å². The number of hydrogen-bond acceptors (Lipinski definition) is 5. The molecular weight excluding hydrogens is 363 g/mol. The number of rotatable bonds is 2. The highest BCUT2D eigenvalue weighted by atomic mass is 32.2. The van der Waals surface area contributed by atoms with Gasteiger partial charge in [-0.1, -0.05) is 0 Å². The second-order valence-electron chi connectivity index (χ2n) is 7.06. The van der Waals surface area contributed by atoms with Crippen molar-refractivity contribution in [3.05, 3.63) is 69.5 Å². The molecule has 0 fully saturated rings. The summed E-state index contributed by atoms with van der Waals surface area (Å²) < 4.78 is 40.8. The van der Waals surface area contributed by atoms with Crippen molar-refractivity contribution in [2.45, 2.75) is 36.9 Å². The van der Waals surface area contributed by atoms with Crippen LogP contribution in [0.5, 0.6) is 0 Å². The molecule has 1 aliphatic rings. The topological polar surface area (TPSA) is 101 Å². The van der Waals surface area contributed by atoms with E-state index in [9.17, 15) is 28.0 Å². The van der Waals surface area contributed by atoms with Crippen LogP contribution in [-0.2, 0) is 15.7 Å². The molecule has 0 radical (unpaired) electrons. The van der Waals surface area contributed by atoms with Crippen LogP contribution >= 0.6 is 0 Å². The number of nitro groups is 1. The third-order valence-corrected chi connectivity index (χ3v) is 6.42. The lowest BCUT2D eigenvalue weighted by molar-refractivity contribution is -0.384. The van der Waals surface area contributed by atoms with Gasteiger partial charge in [0.15, 0.2) is 5.72 Å². The molecule has 0 saturated heterocycles. The fourth-order valence-corrected chi connectivity index (χ4v) is 5.50.